The summed E-state index contributed by atoms with van der Waals surface area (Å²) in [6.45, 7) is 1.85. The van der Waals surface area contributed by atoms with Crippen LogP contribution in [0.15, 0.2) is 12.1 Å². The van der Waals surface area contributed by atoms with Crippen LogP contribution in [0.25, 0.3) is 0 Å². The molecule has 2 N–H and O–H groups in total. The molecule has 0 saturated carbocycles. The second kappa shape index (κ2) is 4.81. The lowest BCUT2D eigenvalue weighted by Gasteiger charge is -1.99. The van der Waals surface area contributed by atoms with Crippen molar-refractivity contribution in [2.45, 2.75) is 6.92 Å². The molecule has 1 amide bonds. The van der Waals surface area contributed by atoms with Gasteiger partial charge in [-0.25, -0.2) is 0 Å². The summed E-state index contributed by atoms with van der Waals surface area (Å²) in [6, 6.07) is 3.15. The van der Waals surface area contributed by atoms with Gasteiger partial charge in [-0.15, -0.1) is 11.6 Å². The van der Waals surface area contributed by atoms with Crippen molar-refractivity contribution in [2.75, 3.05) is 12.4 Å². The first-order valence-electron chi connectivity index (χ1n) is 4.19. The molecule has 0 aliphatic heterocycles. The molecule has 0 aromatic carbocycles. The second-order valence-corrected chi connectivity index (χ2v) is 3.16. The Bertz CT molecular complexity index is 346. The largest absolute Gasteiger partial charge is 0.350 e. The molecular weight excluding hydrogens is 204 g/mol. The van der Waals surface area contributed by atoms with Crippen molar-refractivity contribution >= 4 is 23.3 Å². The quantitative estimate of drug-likeness (QED) is 0.584. The van der Waals surface area contributed by atoms with Gasteiger partial charge in [-0.1, -0.05) is 0 Å². The van der Waals surface area contributed by atoms with Gasteiger partial charge in [0.05, 0.1) is 5.69 Å². The van der Waals surface area contributed by atoms with E-state index in [1.807, 2.05) is 0 Å². The van der Waals surface area contributed by atoms with Gasteiger partial charge < -0.3 is 10.3 Å². The average Bonchev–Trinajstić information content (AvgIpc) is 2.62. The van der Waals surface area contributed by atoms with Crippen LogP contribution in [0, 0.1) is 0 Å². The Morgan fingerprint density at radius 2 is 2.07 bits per heavy atom. The average molecular weight is 215 g/mol. The van der Waals surface area contributed by atoms with Gasteiger partial charge in [0.25, 0.3) is 5.91 Å². The van der Waals surface area contributed by atoms with E-state index < -0.39 is 0 Å². The Labute approximate surface area is 86.6 Å². The van der Waals surface area contributed by atoms with Crippen LogP contribution in [0.4, 0.5) is 0 Å². The van der Waals surface area contributed by atoms with Crippen LogP contribution in [-0.2, 0) is 0 Å². The Morgan fingerprint density at radius 1 is 1.43 bits per heavy atom. The lowest BCUT2D eigenvalue weighted by molar-refractivity contribution is 0.0951. The summed E-state index contributed by atoms with van der Waals surface area (Å²) < 4.78 is 0. The number of carbonyl (C=O) groups is 2. The van der Waals surface area contributed by atoms with Crippen LogP contribution in [0.3, 0.4) is 0 Å². The Morgan fingerprint density at radius 3 is 2.57 bits per heavy atom. The third-order valence-corrected chi connectivity index (χ3v) is 1.88. The molecular formula is C9H11ClN2O2. The summed E-state index contributed by atoms with van der Waals surface area (Å²) >= 11 is 5.41. The number of nitrogens with one attached hydrogen (secondary N) is 2. The van der Waals surface area contributed by atoms with Crippen LogP contribution in [0.5, 0.6) is 0 Å². The van der Waals surface area contributed by atoms with Gasteiger partial charge in [-0.3, -0.25) is 9.59 Å². The predicted octanol–water partition coefficient (Wildman–Crippen LogP) is 1.19. The van der Waals surface area contributed by atoms with Gasteiger partial charge >= 0.3 is 0 Å². The SMILES string of the molecule is CC(=O)c1ccc(C(=O)NCCCl)[nH]1. The molecule has 1 heterocycles. The third-order valence-electron chi connectivity index (χ3n) is 1.69. The second-order valence-electron chi connectivity index (χ2n) is 2.79. The van der Waals surface area contributed by atoms with Crippen molar-refractivity contribution in [3.8, 4) is 0 Å². The minimum atomic E-state index is -0.252. The normalized spacial score (nSPS) is 9.86. The van der Waals surface area contributed by atoms with E-state index in [1.54, 1.807) is 12.1 Å². The number of H-pyrrole nitrogens is 1. The minimum Gasteiger partial charge on any atom is -0.350 e. The smallest absolute Gasteiger partial charge is 0.267 e. The molecule has 1 aromatic heterocycles. The fraction of sp³-hybridized carbons (Fsp3) is 0.333. The first kappa shape index (κ1) is 10.8. The summed E-state index contributed by atoms with van der Waals surface area (Å²) in [5.41, 5.74) is 0.807. The number of aromatic amines is 1. The highest BCUT2D eigenvalue weighted by Crippen LogP contribution is 2.02. The molecule has 4 nitrogen and oxygen atoms in total. The molecule has 0 fully saturated rings. The number of hydrogen-bond acceptors (Lipinski definition) is 2. The Balaban J connectivity index is 2.66. The molecule has 76 valence electrons. The molecule has 0 aliphatic rings. The molecule has 1 aromatic rings. The first-order chi connectivity index (χ1) is 6.65. The zero-order valence-corrected chi connectivity index (χ0v) is 8.52. The van der Waals surface area contributed by atoms with Crippen LogP contribution in [-0.4, -0.2) is 29.1 Å². The molecule has 0 aliphatic carbocycles. The number of halogens is 1. The van der Waals surface area contributed by atoms with Crippen molar-refractivity contribution in [1.82, 2.24) is 10.3 Å². The highest BCUT2D eigenvalue weighted by Gasteiger charge is 2.08. The molecule has 0 saturated heterocycles. The number of alkyl halides is 1. The van der Waals surface area contributed by atoms with Crippen LogP contribution < -0.4 is 5.32 Å². The molecule has 0 bridgehead atoms. The number of ketones is 1. The summed E-state index contributed by atoms with van der Waals surface area (Å²) in [7, 11) is 0. The lowest BCUT2D eigenvalue weighted by Crippen LogP contribution is -2.25. The number of carbonyl (C=O) groups excluding carboxylic acids is 2. The summed E-state index contributed by atoms with van der Waals surface area (Å²) in [6.07, 6.45) is 0. The summed E-state index contributed by atoms with van der Waals surface area (Å²) in [5, 5.41) is 2.59. The number of hydrogen-bond donors (Lipinski definition) is 2. The Kier molecular flexibility index (Phi) is 3.71. The fourth-order valence-electron chi connectivity index (χ4n) is 0.989. The molecule has 1 rings (SSSR count). The Hall–Kier alpha value is -1.29. The minimum absolute atomic E-state index is 0.0959. The van der Waals surface area contributed by atoms with E-state index in [1.165, 1.54) is 6.92 Å². The van der Waals surface area contributed by atoms with Gasteiger partial charge in [0.2, 0.25) is 0 Å². The maximum atomic E-state index is 11.3. The van der Waals surface area contributed by atoms with E-state index in [-0.39, 0.29) is 11.7 Å². The monoisotopic (exact) mass is 214 g/mol. The van der Waals surface area contributed by atoms with Gasteiger partial charge in [-0.2, -0.15) is 0 Å². The topological polar surface area (TPSA) is 62.0 Å². The van der Waals surface area contributed by atoms with Crippen molar-refractivity contribution in [1.29, 1.82) is 0 Å². The van der Waals surface area contributed by atoms with Crippen LogP contribution >= 0.6 is 11.6 Å². The number of Topliss-reactive ketones (excluding diaryl/α,β-unsaturated/α-hetero) is 1. The van der Waals surface area contributed by atoms with E-state index in [0.29, 0.717) is 23.8 Å². The number of amides is 1. The number of rotatable bonds is 4. The molecule has 14 heavy (non-hydrogen) atoms. The zero-order chi connectivity index (χ0) is 10.6. The molecule has 0 unspecified atom stereocenters. The van der Waals surface area contributed by atoms with Crippen molar-refractivity contribution in [3.63, 3.8) is 0 Å². The van der Waals surface area contributed by atoms with E-state index in [9.17, 15) is 9.59 Å². The van der Waals surface area contributed by atoms with Gasteiger partial charge in [0.15, 0.2) is 5.78 Å². The molecule has 0 spiro atoms. The van der Waals surface area contributed by atoms with E-state index in [2.05, 4.69) is 10.3 Å². The van der Waals surface area contributed by atoms with E-state index in [4.69, 9.17) is 11.6 Å². The van der Waals surface area contributed by atoms with Crippen LogP contribution in [0.1, 0.15) is 27.9 Å². The molecule has 0 atom stereocenters. The third kappa shape index (κ3) is 2.60. The highest BCUT2D eigenvalue weighted by molar-refractivity contribution is 6.18. The fourth-order valence-corrected chi connectivity index (χ4v) is 1.08. The predicted molar refractivity (Wildman–Crippen MR) is 53.9 cm³/mol. The van der Waals surface area contributed by atoms with Crippen molar-refractivity contribution < 1.29 is 9.59 Å². The maximum absolute atomic E-state index is 11.3. The van der Waals surface area contributed by atoms with Gasteiger partial charge in [0, 0.05) is 19.3 Å². The summed E-state index contributed by atoms with van der Waals surface area (Å²) in [4.78, 5) is 25.0. The van der Waals surface area contributed by atoms with Crippen molar-refractivity contribution in [2.24, 2.45) is 0 Å². The summed E-state index contributed by atoms with van der Waals surface area (Å²) in [5.74, 6) is 0.0194. The van der Waals surface area contributed by atoms with Gasteiger partial charge in [0.1, 0.15) is 5.69 Å². The van der Waals surface area contributed by atoms with E-state index >= 15 is 0 Å². The highest BCUT2D eigenvalue weighted by atomic mass is 35.5. The first-order valence-corrected chi connectivity index (χ1v) is 4.72. The van der Waals surface area contributed by atoms with Crippen LogP contribution in [0.2, 0.25) is 0 Å². The lowest BCUT2D eigenvalue weighted by atomic mass is 10.3. The van der Waals surface area contributed by atoms with Crippen molar-refractivity contribution in [3.05, 3.63) is 23.5 Å². The maximum Gasteiger partial charge on any atom is 0.267 e. The molecule has 0 radical (unpaired) electrons. The standard InChI is InChI=1S/C9H11ClN2O2/c1-6(13)7-2-3-8(12-7)9(14)11-5-4-10/h2-3,12H,4-5H2,1H3,(H,11,14). The van der Waals surface area contributed by atoms with E-state index in [0.717, 1.165) is 0 Å². The van der Waals surface area contributed by atoms with Gasteiger partial charge in [-0.05, 0) is 12.1 Å². The molecule has 5 heteroatoms. The zero-order valence-electron chi connectivity index (χ0n) is 7.76. The number of aromatic nitrogens is 1.